The van der Waals surface area contributed by atoms with Crippen LogP contribution in [0.25, 0.3) is 0 Å². The van der Waals surface area contributed by atoms with Crippen LogP contribution >= 0.6 is 11.8 Å². The maximum absolute atomic E-state index is 4.31. The van der Waals surface area contributed by atoms with Crippen LogP contribution in [0, 0.1) is 0 Å². The van der Waals surface area contributed by atoms with E-state index in [9.17, 15) is 0 Å². The smallest absolute Gasteiger partial charge is 0.0524 e. The molecule has 0 amide bonds. The molecule has 1 aliphatic heterocycles. The van der Waals surface area contributed by atoms with Crippen molar-refractivity contribution >= 4 is 11.8 Å². The Balaban J connectivity index is 1.94. The van der Waals surface area contributed by atoms with Crippen LogP contribution in [0.15, 0.2) is 12.3 Å². The lowest BCUT2D eigenvalue weighted by Crippen LogP contribution is -2.26. The summed E-state index contributed by atoms with van der Waals surface area (Å²) in [5, 5.41) is 4.31. The highest BCUT2D eigenvalue weighted by molar-refractivity contribution is 7.99. The minimum atomic E-state index is 0.977. The number of hydrogen-bond donors (Lipinski definition) is 0. The van der Waals surface area contributed by atoms with Gasteiger partial charge in [0.2, 0.25) is 0 Å². The fourth-order valence-electron chi connectivity index (χ4n) is 1.96. The molecule has 0 N–H and O–H groups in total. The molecule has 4 heteroatoms. The second-order valence-electron chi connectivity index (χ2n) is 3.88. The predicted molar refractivity (Wildman–Crippen MR) is 65.1 cm³/mol. The van der Waals surface area contributed by atoms with Gasteiger partial charge in [-0.3, -0.25) is 9.58 Å². The maximum Gasteiger partial charge on any atom is 0.0524 e. The second-order valence-corrected chi connectivity index (χ2v) is 5.11. The summed E-state index contributed by atoms with van der Waals surface area (Å²) in [5.41, 5.74) is 1.35. The van der Waals surface area contributed by atoms with E-state index in [4.69, 9.17) is 0 Å². The van der Waals surface area contributed by atoms with Gasteiger partial charge in [0.1, 0.15) is 0 Å². The first kappa shape index (κ1) is 11.0. The fraction of sp³-hybridized carbons (Fsp3) is 0.727. The van der Waals surface area contributed by atoms with Gasteiger partial charge in [0, 0.05) is 31.6 Å². The highest BCUT2D eigenvalue weighted by atomic mass is 32.2. The van der Waals surface area contributed by atoms with E-state index < -0.39 is 0 Å². The van der Waals surface area contributed by atoms with E-state index >= 15 is 0 Å². The van der Waals surface area contributed by atoms with Crippen molar-refractivity contribution < 1.29 is 0 Å². The Morgan fingerprint density at radius 2 is 2.33 bits per heavy atom. The molecular weight excluding hydrogens is 206 g/mol. The van der Waals surface area contributed by atoms with Crippen LogP contribution in [0.3, 0.4) is 0 Å². The largest absolute Gasteiger partial charge is 0.297 e. The van der Waals surface area contributed by atoms with Crippen molar-refractivity contribution in [3.8, 4) is 0 Å². The van der Waals surface area contributed by atoms with Crippen molar-refractivity contribution in [1.29, 1.82) is 0 Å². The second kappa shape index (κ2) is 5.56. The Bertz CT molecular complexity index is 290. The molecule has 0 aromatic carbocycles. The summed E-state index contributed by atoms with van der Waals surface area (Å²) in [6, 6.07) is 2.14. The number of nitrogens with zero attached hydrogens (tertiary/aromatic N) is 3. The van der Waals surface area contributed by atoms with Crippen LogP contribution in [-0.2, 0) is 13.1 Å². The van der Waals surface area contributed by atoms with E-state index in [1.807, 2.05) is 6.20 Å². The molecule has 0 spiro atoms. The molecule has 3 nitrogen and oxygen atoms in total. The normalized spacial score (nSPS) is 19.0. The van der Waals surface area contributed by atoms with Crippen LogP contribution in [0.5, 0.6) is 0 Å². The van der Waals surface area contributed by atoms with Crippen molar-refractivity contribution in [1.82, 2.24) is 14.7 Å². The van der Waals surface area contributed by atoms with Gasteiger partial charge in [-0.05, 0) is 31.7 Å². The maximum atomic E-state index is 4.31. The summed E-state index contributed by atoms with van der Waals surface area (Å²) >= 11 is 2.08. The van der Waals surface area contributed by atoms with Crippen molar-refractivity contribution in [2.45, 2.75) is 26.4 Å². The van der Waals surface area contributed by atoms with Crippen LogP contribution in [0.1, 0.15) is 19.0 Å². The van der Waals surface area contributed by atoms with Crippen molar-refractivity contribution in [2.75, 3.05) is 24.6 Å². The van der Waals surface area contributed by atoms with Gasteiger partial charge in [0.25, 0.3) is 0 Å². The number of aromatic nitrogens is 2. The molecule has 1 aromatic heterocycles. The molecule has 0 aliphatic carbocycles. The summed E-state index contributed by atoms with van der Waals surface area (Å²) < 4.78 is 2.10. The van der Waals surface area contributed by atoms with Crippen LogP contribution in [0.2, 0.25) is 0 Å². The Kier molecular flexibility index (Phi) is 4.09. The lowest BCUT2D eigenvalue weighted by atomic mass is 10.3. The summed E-state index contributed by atoms with van der Waals surface area (Å²) in [7, 11) is 0. The summed E-state index contributed by atoms with van der Waals surface area (Å²) in [5.74, 6) is 2.60. The Morgan fingerprint density at radius 1 is 1.40 bits per heavy atom. The molecule has 1 fully saturated rings. The number of rotatable bonds is 3. The standard InChI is InChI=1S/C11H19N3S/c1-2-14-11(4-5-12-14)10-13-6-3-8-15-9-7-13/h4-5H,2-3,6-10H2,1H3. The number of aryl methyl sites for hydroxylation is 1. The summed E-state index contributed by atoms with van der Waals surface area (Å²) in [6.45, 7) is 6.65. The number of hydrogen-bond acceptors (Lipinski definition) is 3. The Hall–Kier alpha value is -0.480. The van der Waals surface area contributed by atoms with E-state index in [0.29, 0.717) is 0 Å². The molecule has 0 radical (unpaired) electrons. The van der Waals surface area contributed by atoms with E-state index in [-0.39, 0.29) is 0 Å². The zero-order valence-electron chi connectivity index (χ0n) is 9.35. The Labute approximate surface area is 95.8 Å². The third-order valence-electron chi connectivity index (χ3n) is 2.80. The summed E-state index contributed by atoms with van der Waals surface area (Å²) in [4.78, 5) is 2.54. The van der Waals surface area contributed by atoms with E-state index in [2.05, 4.69) is 39.4 Å². The average molecular weight is 225 g/mol. The van der Waals surface area contributed by atoms with Gasteiger partial charge in [-0.25, -0.2) is 0 Å². The third kappa shape index (κ3) is 2.98. The highest BCUT2D eigenvalue weighted by Crippen LogP contribution is 2.12. The fourth-order valence-corrected chi connectivity index (χ4v) is 2.89. The van der Waals surface area contributed by atoms with Gasteiger partial charge in [-0.1, -0.05) is 0 Å². The van der Waals surface area contributed by atoms with Crippen molar-refractivity contribution in [2.24, 2.45) is 0 Å². The van der Waals surface area contributed by atoms with E-state index in [1.54, 1.807) is 0 Å². The lowest BCUT2D eigenvalue weighted by molar-refractivity contribution is 0.278. The molecule has 0 saturated carbocycles. The van der Waals surface area contributed by atoms with Crippen LogP contribution in [-0.4, -0.2) is 39.3 Å². The Morgan fingerprint density at radius 3 is 3.20 bits per heavy atom. The monoisotopic (exact) mass is 225 g/mol. The van der Waals surface area contributed by atoms with Gasteiger partial charge >= 0.3 is 0 Å². The van der Waals surface area contributed by atoms with Gasteiger partial charge in [-0.2, -0.15) is 16.9 Å². The third-order valence-corrected chi connectivity index (χ3v) is 3.85. The van der Waals surface area contributed by atoms with E-state index in [0.717, 1.165) is 13.1 Å². The number of thioether (sulfide) groups is 1. The minimum Gasteiger partial charge on any atom is -0.297 e. The molecule has 2 rings (SSSR count). The molecule has 0 bridgehead atoms. The molecule has 1 aliphatic rings. The van der Waals surface area contributed by atoms with Crippen molar-refractivity contribution in [3.05, 3.63) is 18.0 Å². The molecule has 1 aromatic rings. The lowest BCUT2D eigenvalue weighted by Gasteiger charge is -2.19. The average Bonchev–Trinajstić information content (AvgIpc) is 2.53. The quantitative estimate of drug-likeness (QED) is 0.783. The molecular formula is C11H19N3S. The SMILES string of the molecule is CCn1nccc1CN1CCCSCC1. The molecule has 2 heterocycles. The van der Waals surface area contributed by atoms with Gasteiger partial charge < -0.3 is 0 Å². The van der Waals surface area contributed by atoms with Crippen LogP contribution < -0.4 is 0 Å². The predicted octanol–water partition coefficient (Wildman–Crippen LogP) is 1.84. The zero-order valence-corrected chi connectivity index (χ0v) is 10.2. The highest BCUT2D eigenvalue weighted by Gasteiger charge is 2.11. The van der Waals surface area contributed by atoms with Gasteiger partial charge in [0.15, 0.2) is 0 Å². The summed E-state index contributed by atoms with van der Waals surface area (Å²) in [6.07, 6.45) is 3.23. The minimum absolute atomic E-state index is 0.977. The zero-order chi connectivity index (χ0) is 10.5. The molecule has 84 valence electrons. The van der Waals surface area contributed by atoms with Gasteiger partial charge in [-0.15, -0.1) is 0 Å². The topological polar surface area (TPSA) is 21.1 Å². The van der Waals surface area contributed by atoms with Crippen LogP contribution in [0.4, 0.5) is 0 Å². The first-order chi connectivity index (χ1) is 7.40. The first-order valence-corrected chi connectivity index (χ1v) is 6.86. The first-order valence-electron chi connectivity index (χ1n) is 5.71. The van der Waals surface area contributed by atoms with Gasteiger partial charge in [0.05, 0.1) is 5.69 Å². The molecule has 0 unspecified atom stereocenters. The van der Waals surface area contributed by atoms with E-state index in [1.165, 1.54) is 36.7 Å². The molecule has 1 saturated heterocycles. The molecule has 0 atom stereocenters. The van der Waals surface area contributed by atoms with Crippen molar-refractivity contribution in [3.63, 3.8) is 0 Å². The molecule has 15 heavy (non-hydrogen) atoms.